The van der Waals surface area contributed by atoms with Gasteiger partial charge in [-0.05, 0) is 115 Å². The van der Waals surface area contributed by atoms with E-state index in [2.05, 4.69) is 46.3 Å². The predicted molar refractivity (Wildman–Crippen MR) is 256 cm³/mol. The van der Waals surface area contributed by atoms with Crippen LogP contribution in [-0.2, 0) is 29.9 Å². The lowest BCUT2D eigenvalue weighted by Gasteiger charge is -2.09. The SMILES string of the molecule is BrCc1cc2ccccc2s1.CCOC(=O)c1ccc(OCc2cc3ccccc3o2)cc1.Cc1cc(=O)oc2cc(OCc3ccc(OCc4cc5ccccc5o4)cc3)ccc12. The molecule has 6 aromatic carbocycles. The molecule has 9 nitrogen and oxygen atoms in total. The third kappa shape index (κ3) is 11.3. The fraction of sp³-hybridized carbons (Fsp3) is 0.132. The van der Waals surface area contributed by atoms with Gasteiger partial charge in [-0.1, -0.05) is 82.7 Å². The van der Waals surface area contributed by atoms with Crippen LogP contribution in [0.3, 0.4) is 0 Å². The number of benzene rings is 6. The number of hydrogen-bond acceptors (Lipinski definition) is 10. The van der Waals surface area contributed by atoms with Gasteiger partial charge in [-0.15, -0.1) is 11.3 Å². The molecule has 11 heteroatoms. The van der Waals surface area contributed by atoms with E-state index < -0.39 is 0 Å². The molecule has 0 spiro atoms. The molecule has 0 radical (unpaired) electrons. The normalized spacial score (nSPS) is 10.9. The van der Waals surface area contributed by atoms with Gasteiger partial charge in [0.05, 0.1) is 12.2 Å². The van der Waals surface area contributed by atoms with Crippen molar-refractivity contribution in [2.24, 2.45) is 0 Å². The fourth-order valence-corrected chi connectivity index (χ4v) is 8.19. The number of hydrogen-bond donors (Lipinski definition) is 0. The highest BCUT2D eigenvalue weighted by molar-refractivity contribution is 9.08. The molecule has 0 atom stereocenters. The van der Waals surface area contributed by atoms with Crippen LogP contribution in [0.4, 0.5) is 0 Å². The number of carbonyl (C=O) groups is 1. The maximum absolute atomic E-state index is 11.6. The summed E-state index contributed by atoms with van der Waals surface area (Å²) in [5.74, 6) is 3.29. The van der Waals surface area contributed by atoms with Crippen molar-refractivity contribution < 1.29 is 37.0 Å². The summed E-state index contributed by atoms with van der Waals surface area (Å²) in [6.07, 6.45) is 0. The largest absolute Gasteiger partial charge is 0.489 e. The van der Waals surface area contributed by atoms with Gasteiger partial charge in [0.1, 0.15) is 65.3 Å². The highest BCUT2D eigenvalue weighted by Gasteiger charge is 2.09. The average molecular weight is 936 g/mol. The number of carbonyl (C=O) groups excluding carboxylic acids is 1. The van der Waals surface area contributed by atoms with Crippen LogP contribution in [0.2, 0.25) is 0 Å². The van der Waals surface area contributed by atoms with E-state index in [0.29, 0.717) is 49.1 Å². The van der Waals surface area contributed by atoms with Crippen molar-refractivity contribution in [3.63, 3.8) is 0 Å². The molecule has 0 N–H and O–H groups in total. The molecular formula is C53H43BrO9S. The summed E-state index contributed by atoms with van der Waals surface area (Å²) in [7, 11) is 0. The first-order valence-electron chi connectivity index (χ1n) is 20.6. The number of para-hydroxylation sites is 2. The Kier molecular flexibility index (Phi) is 14.2. The van der Waals surface area contributed by atoms with Crippen molar-refractivity contribution >= 4 is 76.2 Å². The van der Waals surface area contributed by atoms with Crippen LogP contribution in [0.1, 0.15) is 44.8 Å². The van der Waals surface area contributed by atoms with Crippen LogP contribution in [0.15, 0.2) is 182 Å². The second kappa shape index (κ2) is 20.9. The van der Waals surface area contributed by atoms with Crippen LogP contribution in [0.25, 0.3) is 43.0 Å². The van der Waals surface area contributed by atoms with Gasteiger partial charge in [0.2, 0.25) is 0 Å². The number of thiophene rings is 1. The summed E-state index contributed by atoms with van der Waals surface area (Å²) < 4.78 is 40.4. The van der Waals surface area contributed by atoms with E-state index in [1.54, 1.807) is 37.3 Å². The molecule has 4 aromatic heterocycles. The molecule has 0 amide bonds. The number of esters is 1. The highest BCUT2D eigenvalue weighted by Crippen LogP contribution is 2.27. The minimum Gasteiger partial charge on any atom is -0.489 e. The topological polar surface area (TPSA) is 110 Å². The zero-order chi connectivity index (χ0) is 44.3. The first-order valence-corrected chi connectivity index (χ1v) is 22.5. The first-order chi connectivity index (χ1) is 31.3. The smallest absolute Gasteiger partial charge is 0.338 e. The van der Waals surface area contributed by atoms with Crippen LogP contribution in [-0.4, -0.2) is 12.6 Å². The number of aryl methyl sites for hydroxylation is 1. The van der Waals surface area contributed by atoms with E-state index in [1.807, 2.05) is 115 Å². The van der Waals surface area contributed by atoms with Crippen LogP contribution >= 0.6 is 27.3 Å². The molecule has 0 aliphatic rings. The van der Waals surface area contributed by atoms with E-state index in [9.17, 15) is 9.59 Å². The third-order valence-corrected chi connectivity index (χ3v) is 12.0. The van der Waals surface area contributed by atoms with Gasteiger partial charge in [-0.25, -0.2) is 9.59 Å². The summed E-state index contributed by atoms with van der Waals surface area (Å²) in [4.78, 5) is 24.5. The van der Waals surface area contributed by atoms with Gasteiger partial charge in [-0.3, -0.25) is 0 Å². The third-order valence-electron chi connectivity index (χ3n) is 9.94. The number of ether oxygens (including phenoxy) is 4. The molecule has 0 fully saturated rings. The molecular weight excluding hydrogens is 893 g/mol. The number of halogens is 1. The molecule has 0 aliphatic carbocycles. The molecule has 0 bridgehead atoms. The summed E-state index contributed by atoms with van der Waals surface area (Å²) in [6, 6.07) is 52.0. The summed E-state index contributed by atoms with van der Waals surface area (Å²) in [6.45, 7) is 5.13. The monoisotopic (exact) mass is 934 g/mol. The van der Waals surface area contributed by atoms with E-state index in [1.165, 1.54) is 21.0 Å². The number of rotatable bonds is 12. The van der Waals surface area contributed by atoms with Crippen molar-refractivity contribution in [3.05, 3.63) is 207 Å². The minimum absolute atomic E-state index is 0.327. The van der Waals surface area contributed by atoms with Crippen molar-refractivity contribution in [1.29, 1.82) is 0 Å². The second-order valence-corrected chi connectivity index (χ2v) is 16.3. The lowest BCUT2D eigenvalue weighted by atomic mass is 10.1. The molecule has 0 saturated carbocycles. The number of alkyl halides is 1. The number of furan rings is 2. The quantitative estimate of drug-likeness (QED) is 0.0672. The van der Waals surface area contributed by atoms with Gasteiger partial charge in [-0.2, -0.15) is 0 Å². The van der Waals surface area contributed by atoms with Gasteiger partial charge in [0.15, 0.2) is 0 Å². The molecule has 64 heavy (non-hydrogen) atoms. The number of fused-ring (bicyclic) bond motifs is 4. The fourth-order valence-electron chi connectivity index (χ4n) is 6.77. The Hall–Kier alpha value is -7.08. The maximum Gasteiger partial charge on any atom is 0.338 e. The van der Waals surface area contributed by atoms with E-state index in [0.717, 1.165) is 61.1 Å². The lowest BCUT2D eigenvalue weighted by Crippen LogP contribution is -2.04. The van der Waals surface area contributed by atoms with E-state index in [-0.39, 0.29) is 11.6 Å². The molecule has 4 heterocycles. The summed E-state index contributed by atoms with van der Waals surface area (Å²) in [5, 5.41) is 5.34. The minimum atomic E-state index is -0.361. The Bertz CT molecular complexity index is 3080. The Morgan fingerprint density at radius 3 is 1.73 bits per heavy atom. The van der Waals surface area contributed by atoms with Crippen LogP contribution in [0.5, 0.6) is 17.2 Å². The van der Waals surface area contributed by atoms with E-state index in [4.69, 9.17) is 32.2 Å². The van der Waals surface area contributed by atoms with Crippen molar-refractivity contribution in [3.8, 4) is 17.2 Å². The Labute approximate surface area is 381 Å². The Morgan fingerprint density at radius 1 is 0.578 bits per heavy atom. The molecule has 0 saturated heterocycles. The first kappa shape index (κ1) is 43.6. The predicted octanol–water partition coefficient (Wildman–Crippen LogP) is 14.0. The van der Waals surface area contributed by atoms with Gasteiger partial charge >= 0.3 is 11.6 Å². The summed E-state index contributed by atoms with van der Waals surface area (Å²) >= 11 is 5.30. The molecule has 10 aromatic rings. The van der Waals surface area contributed by atoms with Crippen LogP contribution in [0, 0.1) is 6.92 Å². The molecule has 10 rings (SSSR count). The Balaban J connectivity index is 0.000000147. The second-order valence-electron chi connectivity index (χ2n) is 14.5. The molecule has 0 unspecified atom stereocenters. The van der Waals surface area contributed by atoms with Crippen molar-refractivity contribution in [1.82, 2.24) is 0 Å². The zero-order valence-electron chi connectivity index (χ0n) is 35.1. The van der Waals surface area contributed by atoms with Gasteiger partial charge in [0.25, 0.3) is 0 Å². The Morgan fingerprint density at radius 2 is 1.14 bits per heavy atom. The standard InChI is InChI=1S/C26H20O5.C18H16O4.C9H7BrS/c1-17-12-26(27)31-25-14-21(10-11-23(17)25)28-15-18-6-8-20(9-7-18)29-16-22-13-19-4-2-3-5-24(19)30-22;1-2-20-18(19)13-7-9-15(10-8-13)21-12-16-11-14-5-3-4-6-17(14)22-16;10-6-8-5-7-3-1-2-4-9(7)11-8/h2-14H,15-16H2,1H3;3-11H,2,12H2,1H3;1-5H,6H2. The van der Waals surface area contributed by atoms with E-state index >= 15 is 0 Å². The van der Waals surface area contributed by atoms with Crippen LogP contribution < -0.4 is 19.8 Å². The van der Waals surface area contributed by atoms with Gasteiger partial charge < -0.3 is 32.2 Å². The lowest BCUT2D eigenvalue weighted by molar-refractivity contribution is 0.0526. The van der Waals surface area contributed by atoms with Gasteiger partial charge in [0, 0.05) is 43.2 Å². The highest BCUT2D eigenvalue weighted by atomic mass is 79.9. The maximum atomic E-state index is 11.6. The molecule has 322 valence electrons. The van der Waals surface area contributed by atoms with Crippen molar-refractivity contribution in [2.75, 3.05) is 6.61 Å². The average Bonchev–Trinajstić information content (AvgIpc) is 4.07. The zero-order valence-corrected chi connectivity index (χ0v) is 37.5. The van der Waals surface area contributed by atoms with Crippen molar-refractivity contribution in [2.45, 2.75) is 39.0 Å². The molecule has 0 aliphatic heterocycles. The summed E-state index contributed by atoms with van der Waals surface area (Å²) in [5.41, 5.74) is 4.27.